The molecule has 0 aliphatic rings. The molecule has 0 saturated carbocycles. The highest BCUT2D eigenvalue weighted by Gasteiger charge is 2.20. The number of amides is 1. The Labute approximate surface area is 130 Å². The van der Waals surface area contributed by atoms with Gasteiger partial charge in [-0.3, -0.25) is 9.89 Å². The van der Waals surface area contributed by atoms with Gasteiger partial charge in [0, 0.05) is 18.5 Å². The van der Waals surface area contributed by atoms with Crippen LogP contribution in [0.3, 0.4) is 0 Å². The fraction of sp³-hybridized carbons (Fsp3) is 0. The van der Waals surface area contributed by atoms with Gasteiger partial charge in [0.25, 0.3) is 5.91 Å². The summed E-state index contributed by atoms with van der Waals surface area (Å²) in [5, 5.41) is 18.3. The number of hydrogen-bond acceptors (Lipinski definition) is 5. The van der Waals surface area contributed by atoms with Crippen LogP contribution in [0.4, 0.5) is 5.82 Å². The topological polar surface area (TPSA) is 121 Å². The number of benzene rings is 1. The number of anilines is 1. The van der Waals surface area contributed by atoms with Gasteiger partial charge >= 0.3 is 5.97 Å². The van der Waals surface area contributed by atoms with Gasteiger partial charge in [0.05, 0.1) is 5.69 Å². The minimum absolute atomic E-state index is 0.260. The molecular formula is C15H11N5O3. The molecule has 0 bridgehead atoms. The minimum atomic E-state index is -1.32. The van der Waals surface area contributed by atoms with E-state index in [-0.39, 0.29) is 11.5 Å². The van der Waals surface area contributed by atoms with E-state index in [0.717, 1.165) is 11.3 Å². The van der Waals surface area contributed by atoms with Crippen molar-refractivity contribution in [2.24, 2.45) is 0 Å². The number of aromatic amines is 1. The zero-order valence-corrected chi connectivity index (χ0v) is 11.7. The van der Waals surface area contributed by atoms with Crippen molar-refractivity contribution in [3.05, 3.63) is 60.2 Å². The summed E-state index contributed by atoms with van der Waals surface area (Å²) in [4.78, 5) is 30.6. The molecule has 114 valence electrons. The Balaban J connectivity index is 1.82. The number of aromatic nitrogens is 4. The van der Waals surface area contributed by atoms with Gasteiger partial charge in [0.15, 0.2) is 17.2 Å². The Hall–Kier alpha value is -3.55. The van der Waals surface area contributed by atoms with Crippen LogP contribution in [-0.4, -0.2) is 37.1 Å². The van der Waals surface area contributed by atoms with Gasteiger partial charge in [-0.05, 0) is 5.56 Å². The Bertz CT molecular complexity index is 860. The molecule has 3 N–H and O–H groups in total. The standard InChI is InChI=1S/C15H11N5O3/c21-14(12-13(15(22)23)17-7-6-16-12)18-11-8-10(19-20-11)9-4-2-1-3-5-9/h1-8H,(H,22,23)(H2,18,19,20,21). The number of aromatic carboxylic acids is 1. The van der Waals surface area contributed by atoms with E-state index >= 15 is 0 Å². The lowest BCUT2D eigenvalue weighted by atomic mass is 10.1. The Morgan fingerprint density at radius 2 is 1.74 bits per heavy atom. The number of nitrogens with one attached hydrogen (secondary N) is 2. The molecular weight excluding hydrogens is 298 g/mol. The molecule has 8 heteroatoms. The van der Waals surface area contributed by atoms with Crippen molar-refractivity contribution in [1.29, 1.82) is 0 Å². The molecule has 0 unspecified atom stereocenters. The van der Waals surface area contributed by atoms with Crippen molar-refractivity contribution in [3.8, 4) is 11.3 Å². The zero-order valence-electron chi connectivity index (χ0n) is 11.7. The number of hydrogen-bond donors (Lipinski definition) is 3. The molecule has 0 atom stereocenters. The maximum atomic E-state index is 12.2. The number of nitrogens with zero attached hydrogens (tertiary/aromatic N) is 3. The monoisotopic (exact) mass is 309 g/mol. The molecule has 1 aromatic carbocycles. The molecule has 0 aliphatic heterocycles. The molecule has 3 rings (SSSR count). The first-order valence-electron chi connectivity index (χ1n) is 6.61. The van der Waals surface area contributed by atoms with Crippen LogP contribution in [-0.2, 0) is 0 Å². The van der Waals surface area contributed by atoms with Crippen LogP contribution in [0, 0.1) is 0 Å². The van der Waals surface area contributed by atoms with Crippen LogP contribution in [0.25, 0.3) is 11.3 Å². The maximum Gasteiger partial charge on any atom is 0.356 e. The van der Waals surface area contributed by atoms with Gasteiger partial charge in [-0.1, -0.05) is 30.3 Å². The van der Waals surface area contributed by atoms with Gasteiger partial charge in [0.1, 0.15) is 0 Å². The lowest BCUT2D eigenvalue weighted by Crippen LogP contribution is -2.19. The van der Waals surface area contributed by atoms with E-state index in [0.29, 0.717) is 0 Å². The van der Waals surface area contributed by atoms with E-state index in [1.165, 1.54) is 12.4 Å². The third kappa shape index (κ3) is 3.05. The number of H-pyrrole nitrogens is 1. The molecule has 23 heavy (non-hydrogen) atoms. The second-order valence-electron chi connectivity index (χ2n) is 4.55. The largest absolute Gasteiger partial charge is 0.476 e. The number of carbonyl (C=O) groups is 2. The van der Waals surface area contributed by atoms with E-state index in [9.17, 15) is 9.59 Å². The second kappa shape index (κ2) is 6.06. The van der Waals surface area contributed by atoms with Crippen molar-refractivity contribution in [3.63, 3.8) is 0 Å². The van der Waals surface area contributed by atoms with Crippen molar-refractivity contribution in [1.82, 2.24) is 20.2 Å². The summed E-state index contributed by atoms with van der Waals surface area (Å²) in [6.07, 6.45) is 2.46. The van der Waals surface area contributed by atoms with Crippen LogP contribution >= 0.6 is 0 Å². The van der Waals surface area contributed by atoms with Crippen molar-refractivity contribution >= 4 is 17.7 Å². The van der Waals surface area contributed by atoms with Crippen LogP contribution < -0.4 is 5.32 Å². The minimum Gasteiger partial charge on any atom is -0.476 e. The maximum absolute atomic E-state index is 12.2. The number of carbonyl (C=O) groups excluding carboxylic acids is 1. The van der Waals surface area contributed by atoms with Crippen molar-refractivity contribution < 1.29 is 14.7 Å². The summed E-state index contributed by atoms with van der Waals surface area (Å²) >= 11 is 0. The van der Waals surface area contributed by atoms with Crippen molar-refractivity contribution in [2.45, 2.75) is 0 Å². The summed E-state index contributed by atoms with van der Waals surface area (Å²) < 4.78 is 0. The van der Waals surface area contributed by atoms with Crippen molar-refractivity contribution in [2.75, 3.05) is 5.32 Å². The second-order valence-corrected chi connectivity index (χ2v) is 4.55. The van der Waals surface area contributed by atoms with Gasteiger partial charge in [-0.25, -0.2) is 14.8 Å². The molecule has 2 aromatic heterocycles. The zero-order chi connectivity index (χ0) is 16.2. The molecule has 8 nitrogen and oxygen atoms in total. The summed E-state index contributed by atoms with van der Waals surface area (Å²) in [5.41, 5.74) is 0.942. The van der Waals surface area contributed by atoms with E-state index in [1.807, 2.05) is 30.3 Å². The normalized spacial score (nSPS) is 10.3. The average Bonchev–Trinajstić information content (AvgIpc) is 3.04. The van der Waals surface area contributed by atoms with Crippen LogP contribution in [0.5, 0.6) is 0 Å². The Morgan fingerprint density at radius 3 is 2.43 bits per heavy atom. The Morgan fingerprint density at radius 1 is 1.04 bits per heavy atom. The van der Waals surface area contributed by atoms with E-state index in [1.54, 1.807) is 6.07 Å². The molecule has 1 amide bonds. The summed E-state index contributed by atoms with van der Waals surface area (Å²) in [6, 6.07) is 11.1. The quantitative estimate of drug-likeness (QED) is 0.676. The molecule has 0 aliphatic carbocycles. The molecule has 0 spiro atoms. The predicted molar refractivity (Wildman–Crippen MR) is 81.0 cm³/mol. The molecule has 2 heterocycles. The molecule has 3 aromatic rings. The lowest BCUT2D eigenvalue weighted by Gasteiger charge is -2.03. The van der Waals surface area contributed by atoms with Gasteiger partial charge in [-0.15, -0.1) is 0 Å². The molecule has 0 fully saturated rings. The van der Waals surface area contributed by atoms with E-state index in [2.05, 4.69) is 25.5 Å². The first kappa shape index (κ1) is 14.4. The van der Waals surface area contributed by atoms with E-state index in [4.69, 9.17) is 5.11 Å². The summed E-state index contributed by atoms with van der Waals surface area (Å²) in [6.45, 7) is 0. The van der Waals surface area contributed by atoms with Gasteiger partial charge in [-0.2, -0.15) is 5.10 Å². The highest BCUT2D eigenvalue weighted by Crippen LogP contribution is 2.19. The van der Waals surface area contributed by atoms with Gasteiger partial charge in [0.2, 0.25) is 0 Å². The van der Waals surface area contributed by atoms with E-state index < -0.39 is 17.6 Å². The first-order valence-corrected chi connectivity index (χ1v) is 6.61. The third-order valence-electron chi connectivity index (χ3n) is 3.02. The average molecular weight is 309 g/mol. The SMILES string of the molecule is O=C(O)c1nccnc1C(=O)Nc1cc(-c2ccccc2)[nH]n1. The predicted octanol–water partition coefficient (Wildman–Crippen LogP) is 1.82. The highest BCUT2D eigenvalue weighted by molar-refractivity contribution is 6.08. The first-order chi connectivity index (χ1) is 11.1. The fourth-order valence-electron chi connectivity index (χ4n) is 1.99. The number of carboxylic acid groups (broad SMARTS) is 1. The summed E-state index contributed by atoms with van der Waals surface area (Å²) in [7, 11) is 0. The van der Waals surface area contributed by atoms with Crippen LogP contribution in [0.15, 0.2) is 48.8 Å². The lowest BCUT2D eigenvalue weighted by molar-refractivity contribution is 0.0685. The van der Waals surface area contributed by atoms with Gasteiger partial charge < -0.3 is 10.4 Å². The van der Waals surface area contributed by atoms with Crippen LogP contribution in [0.2, 0.25) is 0 Å². The number of rotatable bonds is 4. The number of carboxylic acids is 1. The molecule has 0 saturated heterocycles. The highest BCUT2D eigenvalue weighted by atomic mass is 16.4. The third-order valence-corrected chi connectivity index (χ3v) is 3.02. The molecule has 0 radical (unpaired) electrons. The Kier molecular flexibility index (Phi) is 3.79. The van der Waals surface area contributed by atoms with Crippen LogP contribution in [0.1, 0.15) is 21.0 Å². The summed E-state index contributed by atoms with van der Waals surface area (Å²) in [5.74, 6) is -1.76. The smallest absolute Gasteiger partial charge is 0.356 e. The fourth-order valence-corrected chi connectivity index (χ4v) is 1.99.